The number of hydrogen-bond acceptors (Lipinski definition) is 5. The molecule has 0 aliphatic carbocycles. The van der Waals surface area contributed by atoms with Gasteiger partial charge in [0, 0.05) is 19.2 Å². The van der Waals surface area contributed by atoms with Crippen LogP contribution in [0.15, 0.2) is 77.1 Å². The van der Waals surface area contributed by atoms with Crippen LogP contribution in [0.2, 0.25) is 5.02 Å². The van der Waals surface area contributed by atoms with E-state index in [2.05, 4.69) is 10.3 Å². The highest BCUT2D eigenvalue weighted by Gasteiger charge is 2.21. The van der Waals surface area contributed by atoms with Gasteiger partial charge in [-0.1, -0.05) is 41.9 Å². The van der Waals surface area contributed by atoms with Gasteiger partial charge in [0.2, 0.25) is 10.0 Å². The third-order valence-corrected chi connectivity index (χ3v) is 7.74. The van der Waals surface area contributed by atoms with E-state index >= 15 is 0 Å². The zero-order valence-corrected chi connectivity index (χ0v) is 18.8. The highest BCUT2D eigenvalue weighted by Crippen LogP contribution is 2.32. The highest BCUT2D eigenvalue weighted by molar-refractivity contribution is 7.89. The molecule has 9 heteroatoms. The van der Waals surface area contributed by atoms with Crippen LogP contribution >= 0.6 is 22.9 Å². The number of anilines is 1. The smallest absolute Gasteiger partial charge is 0.255 e. The minimum atomic E-state index is -3.68. The Labute approximate surface area is 189 Å². The molecule has 0 aliphatic heterocycles. The van der Waals surface area contributed by atoms with Crippen molar-refractivity contribution in [3.8, 4) is 0 Å². The second-order valence-electron chi connectivity index (χ2n) is 6.85. The first-order chi connectivity index (χ1) is 14.9. The van der Waals surface area contributed by atoms with Crippen molar-refractivity contribution in [2.24, 2.45) is 0 Å². The number of carbonyl (C=O) groups is 1. The fourth-order valence-corrected chi connectivity index (χ4v) is 5.30. The number of sulfonamides is 1. The van der Waals surface area contributed by atoms with E-state index in [9.17, 15) is 13.2 Å². The lowest BCUT2D eigenvalue weighted by atomic mass is 10.2. The maximum atomic E-state index is 12.9. The number of amides is 1. The van der Waals surface area contributed by atoms with Gasteiger partial charge in [-0.15, -0.1) is 11.3 Å². The van der Waals surface area contributed by atoms with Gasteiger partial charge in [0.1, 0.15) is 5.52 Å². The number of rotatable bonds is 6. The molecule has 1 amide bonds. The number of halogens is 1. The Kier molecular flexibility index (Phi) is 6.06. The Morgan fingerprint density at radius 2 is 1.77 bits per heavy atom. The van der Waals surface area contributed by atoms with Gasteiger partial charge >= 0.3 is 0 Å². The molecule has 0 saturated carbocycles. The van der Waals surface area contributed by atoms with Gasteiger partial charge in [-0.25, -0.2) is 13.4 Å². The van der Waals surface area contributed by atoms with Crippen LogP contribution in [0.1, 0.15) is 15.9 Å². The summed E-state index contributed by atoms with van der Waals surface area (Å²) in [5, 5.41) is 3.36. The first kappa shape index (κ1) is 21.5. The van der Waals surface area contributed by atoms with Crippen LogP contribution in [-0.4, -0.2) is 30.7 Å². The molecule has 158 valence electrons. The fraction of sp³-hybridized carbons (Fsp3) is 0.0909. The van der Waals surface area contributed by atoms with Crippen LogP contribution in [0.4, 0.5) is 5.69 Å². The van der Waals surface area contributed by atoms with Gasteiger partial charge < -0.3 is 5.32 Å². The molecule has 1 N–H and O–H groups in total. The largest absolute Gasteiger partial charge is 0.321 e. The monoisotopic (exact) mass is 471 g/mol. The summed E-state index contributed by atoms with van der Waals surface area (Å²) in [6, 6.07) is 18.6. The summed E-state index contributed by atoms with van der Waals surface area (Å²) in [6.45, 7) is 0.257. The van der Waals surface area contributed by atoms with E-state index in [-0.39, 0.29) is 17.3 Å². The van der Waals surface area contributed by atoms with Crippen molar-refractivity contribution in [3.63, 3.8) is 0 Å². The number of carbonyl (C=O) groups excluding carboxylic acids is 1. The molecule has 4 aromatic rings. The lowest BCUT2D eigenvalue weighted by molar-refractivity contribution is 0.102. The average molecular weight is 472 g/mol. The van der Waals surface area contributed by atoms with Crippen molar-refractivity contribution in [1.82, 2.24) is 9.29 Å². The van der Waals surface area contributed by atoms with Crippen molar-refractivity contribution in [3.05, 3.63) is 88.4 Å². The molecule has 3 aromatic carbocycles. The van der Waals surface area contributed by atoms with E-state index < -0.39 is 10.0 Å². The molecular formula is C22H18ClN3O3S2. The summed E-state index contributed by atoms with van der Waals surface area (Å²) >= 11 is 7.51. The van der Waals surface area contributed by atoms with E-state index in [1.165, 1.54) is 47.0 Å². The molecule has 1 heterocycles. The van der Waals surface area contributed by atoms with Gasteiger partial charge in [0.15, 0.2) is 0 Å². The molecule has 4 rings (SSSR count). The Morgan fingerprint density at radius 1 is 1.06 bits per heavy atom. The number of thiazole rings is 1. The number of benzene rings is 3. The normalized spacial score (nSPS) is 11.7. The predicted octanol–water partition coefficient (Wildman–Crippen LogP) is 5.02. The number of hydrogen-bond donors (Lipinski definition) is 1. The SMILES string of the molecule is CN(Cc1ccccc1)S(=O)(=O)c1ccc(C(=O)Nc2ccc(Cl)c3ncsc23)cc1. The highest BCUT2D eigenvalue weighted by atomic mass is 35.5. The van der Waals surface area contributed by atoms with E-state index in [0.717, 1.165) is 10.3 Å². The van der Waals surface area contributed by atoms with E-state index in [0.29, 0.717) is 21.8 Å². The first-order valence-electron chi connectivity index (χ1n) is 9.29. The summed E-state index contributed by atoms with van der Waals surface area (Å²) in [4.78, 5) is 17.0. The van der Waals surface area contributed by atoms with Gasteiger partial charge in [0.25, 0.3) is 5.91 Å². The molecule has 0 saturated heterocycles. The van der Waals surface area contributed by atoms with Gasteiger partial charge in [-0.3, -0.25) is 4.79 Å². The first-order valence-corrected chi connectivity index (χ1v) is 12.0. The van der Waals surface area contributed by atoms with Crippen LogP contribution in [0, 0.1) is 0 Å². The van der Waals surface area contributed by atoms with Crippen molar-refractivity contribution < 1.29 is 13.2 Å². The van der Waals surface area contributed by atoms with Crippen molar-refractivity contribution in [1.29, 1.82) is 0 Å². The molecule has 0 spiro atoms. The lowest BCUT2D eigenvalue weighted by Gasteiger charge is -2.17. The Morgan fingerprint density at radius 3 is 2.48 bits per heavy atom. The van der Waals surface area contributed by atoms with E-state index in [4.69, 9.17) is 11.6 Å². The van der Waals surface area contributed by atoms with Crippen molar-refractivity contribution in [2.45, 2.75) is 11.4 Å². The average Bonchev–Trinajstić information content (AvgIpc) is 3.27. The van der Waals surface area contributed by atoms with Gasteiger partial charge in [-0.05, 0) is 42.0 Å². The number of nitrogens with one attached hydrogen (secondary N) is 1. The Bertz CT molecular complexity index is 1340. The van der Waals surface area contributed by atoms with Crippen LogP contribution < -0.4 is 5.32 Å². The zero-order valence-electron chi connectivity index (χ0n) is 16.4. The molecule has 0 unspecified atom stereocenters. The molecule has 0 aliphatic rings. The molecule has 0 radical (unpaired) electrons. The van der Waals surface area contributed by atoms with E-state index in [1.54, 1.807) is 17.6 Å². The van der Waals surface area contributed by atoms with Crippen LogP contribution in [0.25, 0.3) is 10.2 Å². The second kappa shape index (κ2) is 8.76. The standard InChI is InChI=1S/C22H18ClN3O3S2/c1-26(13-15-5-3-2-4-6-15)31(28,29)17-9-7-16(8-10-17)22(27)25-19-12-11-18(23)20-21(19)30-14-24-20/h2-12,14H,13H2,1H3,(H,25,27). The summed E-state index contributed by atoms with van der Waals surface area (Å²) in [5.41, 5.74) is 4.13. The zero-order chi connectivity index (χ0) is 22.0. The quantitative estimate of drug-likeness (QED) is 0.428. The maximum Gasteiger partial charge on any atom is 0.255 e. The number of aromatic nitrogens is 1. The third kappa shape index (κ3) is 4.47. The van der Waals surface area contributed by atoms with E-state index in [1.807, 2.05) is 30.3 Å². The Balaban J connectivity index is 1.51. The van der Waals surface area contributed by atoms with Crippen LogP contribution in [0.3, 0.4) is 0 Å². The fourth-order valence-electron chi connectivity index (χ4n) is 3.10. The summed E-state index contributed by atoms with van der Waals surface area (Å²) in [6.07, 6.45) is 0. The van der Waals surface area contributed by atoms with Crippen LogP contribution in [0.5, 0.6) is 0 Å². The maximum absolute atomic E-state index is 12.9. The minimum absolute atomic E-state index is 0.124. The summed E-state index contributed by atoms with van der Waals surface area (Å²) in [5.74, 6) is -0.349. The molecule has 6 nitrogen and oxygen atoms in total. The number of fused-ring (bicyclic) bond motifs is 1. The molecule has 0 bridgehead atoms. The molecule has 0 atom stereocenters. The molecular weight excluding hydrogens is 454 g/mol. The minimum Gasteiger partial charge on any atom is -0.321 e. The lowest BCUT2D eigenvalue weighted by Crippen LogP contribution is -2.26. The molecule has 1 aromatic heterocycles. The van der Waals surface area contributed by atoms with Crippen molar-refractivity contribution in [2.75, 3.05) is 12.4 Å². The van der Waals surface area contributed by atoms with Gasteiger partial charge in [-0.2, -0.15) is 4.31 Å². The van der Waals surface area contributed by atoms with Gasteiger partial charge in [0.05, 0.1) is 25.8 Å². The second-order valence-corrected chi connectivity index (χ2v) is 10.2. The van der Waals surface area contributed by atoms with Crippen LogP contribution in [-0.2, 0) is 16.6 Å². The Hall–Kier alpha value is -2.78. The predicted molar refractivity (Wildman–Crippen MR) is 124 cm³/mol. The topological polar surface area (TPSA) is 79.4 Å². The summed E-state index contributed by atoms with van der Waals surface area (Å²) < 4.78 is 27.8. The number of nitrogens with zero attached hydrogens (tertiary/aromatic N) is 2. The molecule has 31 heavy (non-hydrogen) atoms. The summed E-state index contributed by atoms with van der Waals surface area (Å²) in [7, 11) is -2.15. The van der Waals surface area contributed by atoms with Crippen molar-refractivity contribution >= 4 is 54.8 Å². The third-order valence-electron chi connectivity index (χ3n) is 4.76. The molecule has 0 fully saturated rings.